The second-order valence-corrected chi connectivity index (χ2v) is 12.0. The predicted octanol–water partition coefficient (Wildman–Crippen LogP) is 4.23. The fraction of sp³-hybridized carbons (Fsp3) is 0.500. The Bertz CT molecular complexity index is 595. The molecule has 0 spiro atoms. The van der Waals surface area contributed by atoms with Crippen molar-refractivity contribution in [1.82, 2.24) is 9.55 Å². The summed E-state index contributed by atoms with van der Waals surface area (Å²) in [7, 11) is -1.09. The highest BCUT2D eigenvalue weighted by atomic mass is 35.5. The molecular weight excluding hydrogens is 295 g/mol. The van der Waals surface area contributed by atoms with Crippen LogP contribution in [0.25, 0.3) is 11.0 Å². The SMILES string of the molecule is C[Si](C)(C)CCOCn1c(CCl)nc2cc(F)ccc21. The largest absolute Gasteiger partial charge is 0.361 e. The smallest absolute Gasteiger partial charge is 0.126 e. The number of hydrogen-bond donors (Lipinski definition) is 0. The number of imidazole rings is 1. The van der Waals surface area contributed by atoms with Gasteiger partial charge in [-0.1, -0.05) is 19.6 Å². The van der Waals surface area contributed by atoms with Gasteiger partial charge in [0.25, 0.3) is 0 Å². The van der Waals surface area contributed by atoms with Crippen molar-refractivity contribution in [2.24, 2.45) is 0 Å². The van der Waals surface area contributed by atoms with Crippen LogP contribution in [-0.2, 0) is 17.3 Å². The Balaban J connectivity index is 2.12. The van der Waals surface area contributed by atoms with E-state index in [0.717, 1.165) is 18.2 Å². The Morgan fingerprint density at radius 3 is 2.75 bits per heavy atom. The Kier molecular flexibility index (Phi) is 4.83. The molecule has 1 aromatic carbocycles. The molecule has 2 rings (SSSR count). The van der Waals surface area contributed by atoms with Gasteiger partial charge in [0.1, 0.15) is 18.4 Å². The highest BCUT2D eigenvalue weighted by molar-refractivity contribution is 6.76. The molecule has 2 aromatic rings. The van der Waals surface area contributed by atoms with E-state index in [-0.39, 0.29) is 11.7 Å². The molecule has 0 aliphatic heterocycles. The molecule has 1 heterocycles. The first-order chi connectivity index (χ1) is 9.40. The van der Waals surface area contributed by atoms with Gasteiger partial charge in [0.2, 0.25) is 0 Å². The maximum absolute atomic E-state index is 13.2. The number of fused-ring (bicyclic) bond motifs is 1. The molecule has 1 aromatic heterocycles. The molecule has 0 saturated heterocycles. The fourth-order valence-electron chi connectivity index (χ4n) is 1.93. The van der Waals surface area contributed by atoms with E-state index >= 15 is 0 Å². The minimum Gasteiger partial charge on any atom is -0.361 e. The minimum absolute atomic E-state index is 0.285. The van der Waals surface area contributed by atoms with Gasteiger partial charge in [-0.15, -0.1) is 11.6 Å². The summed E-state index contributed by atoms with van der Waals surface area (Å²) in [6.45, 7) is 8.09. The van der Waals surface area contributed by atoms with Crippen molar-refractivity contribution in [2.45, 2.75) is 38.3 Å². The minimum atomic E-state index is -1.09. The van der Waals surface area contributed by atoms with Crippen LogP contribution in [0.2, 0.25) is 25.7 Å². The summed E-state index contributed by atoms with van der Waals surface area (Å²) >= 11 is 5.90. The average molecular weight is 315 g/mol. The van der Waals surface area contributed by atoms with Crippen molar-refractivity contribution in [2.75, 3.05) is 6.61 Å². The zero-order valence-corrected chi connectivity index (χ0v) is 13.9. The lowest BCUT2D eigenvalue weighted by molar-refractivity contribution is 0.0883. The first-order valence-electron chi connectivity index (χ1n) is 6.69. The number of rotatable bonds is 6. The third kappa shape index (κ3) is 3.81. The number of halogens is 2. The highest BCUT2D eigenvalue weighted by Crippen LogP contribution is 2.19. The van der Waals surface area contributed by atoms with Gasteiger partial charge in [-0.2, -0.15) is 0 Å². The number of hydrogen-bond acceptors (Lipinski definition) is 2. The second-order valence-electron chi connectivity index (χ2n) is 6.07. The van der Waals surface area contributed by atoms with E-state index in [1.165, 1.54) is 12.1 Å². The molecule has 0 bridgehead atoms. The van der Waals surface area contributed by atoms with E-state index < -0.39 is 8.07 Å². The van der Waals surface area contributed by atoms with Gasteiger partial charge in [-0.05, 0) is 18.2 Å². The molecule has 0 aliphatic rings. The summed E-state index contributed by atoms with van der Waals surface area (Å²) in [4.78, 5) is 4.34. The molecule has 0 saturated carbocycles. The topological polar surface area (TPSA) is 27.1 Å². The third-order valence-corrected chi connectivity index (χ3v) is 5.07. The van der Waals surface area contributed by atoms with E-state index in [0.29, 0.717) is 18.1 Å². The Labute approximate surface area is 124 Å². The Morgan fingerprint density at radius 1 is 1.35 bits per heavy atom. The summed E-state index contributed by atoms with van der Waals surface area (Å²) in [5.41, 5.74) is 1.48. The molecule has 110 valence electrons. The van der Waals surface area contributed by atoms with Gasteiger partial charge in [-0.3, -0.25) is 0 Å². The molecule has 0 aliphatic carbocycles. The molecule has 0 N–H and O–H groups in total. The third-order valence-electron chi connectivity index (χ3n) is 3.13. The number of benzene rings is 1. The zero-order chi connectivity index (χ0) is 14.8. The maximum atomic E-state index is 13.2. The van der Waals surface area contributed by atoms with E-state index in [1.807, 2.05) is 4.57 Å². The van der Waals surface area contributed by atoms with Gasteiger partial charge in [0, 0.05) is 20.7 Å². The van der Waals surface area contributed by atoms with Crippen LogP contribution in [-0.4, -0.2) is 24.2 Å². The van der Waals surface area contributed by atoms with Crippen molar-refractivity contribution >= 4 is 30.7 Å². The number of nitrogens with zero attached hydrogens (tertiary/aromatic N) is 2. The monoisotopic (exact) mass is 314 g/mol. The molecule has 6 heteroatoms. The highest BCUT2D eigenvalue weighted by Gasteiger charge is 2.14. The van der Waals surface area contributed by atoms with Crippen LogP contribution in [0, 0.1) is 5.82 Å². The second kappa shape index (κ2) is 6.24. The number of aromatic nitrogens is 2. The summed E-state index contributed by atoms with van der Waals surface area (Å²) in [6, 6.07) is 5.69. The van der Waals surface area contributed by atoms with Crippen molar-refractivity contribution in [1.29, 1.82) is 0 Å². The maximum Gasteiger partial charge on any atom is 0.126 e. The molecule has 0 radical (unpaired) electrons. The first-order valence-corrected chi connectivity index (χ1v) is 10.9. The summed E-state index contributed by atoms with van der Waals surface area (Å²) < 4.78 is 20.9. The molecule has 0 fully saturated rings. The van der Waals surface area contributed by atoms with Crippen molar-refractivity contribution in [3.63, 3.8) is 0 Å². The van der Waals surface area contributed by atoms with Crippen LogP contribution in [0.15, 0.2) is 18.2 Å². The van der Waals surface area contributed by atoms with Crippen molar-refractivity contribution < 1.29 is 9.13 Å². The van der Waals surface area contributed by atoms with E-state index in [4.69, 9.17) is 16.3 Å². The van der Waals surface area contributed by atoms with Gasteiger partial charge in [0.15, 0.2) is 0 Å². The molecular formula is C14H20ClFN2OSi. The molecule has 20 heavy (non-hydrogen) atoms. The lowest BCUT2D eigenvalue weighted by Crippen LogP contribution is -2.22. The van der Waals surface area contributed by atoms with Crippen LogP contribution in [0.5, 0.6) is 0 Å². The van der Waals surface area contributed by atoms with E-state index in [9.17, 15) is 4.39 Å². The van der Waals surface area contributed by atoms with Crippen LogP contribution in [0.3, 0.4) is 0 Å². The van der Waals surface area contributed by atoms with Gasteiger partial charge < -0.3 is 9.30 Å². The van der Waals surface area contributed by atoms with E-state index in [2.05, 4.69) is 24.6 Å². The standard InChI is InChI=1S/C14H20ClFN2OSi/c1-20(2,3)7-6-19-10-18-13-5-4-11(16)8-12(13)17-14(18)9-15/h4-5,8H,6-7,9-10H2,1-3H3. The summed E-state index contributed by atoms with van der Waals surface area (Å²) in [5, 5.41) is 0. The predicted molar refractivity (Wildman–Crippen MR) is 83.4 cm³/mol. The summed E-state index contributed by atoms with van der Waals surface area (Å²) in [6.07, 6.45) is 0. The van der Waals surface area contributed by atoms with Crippen LogP contribution < -0.4 is 0 Å². The summed E-state index contributed by atoms with van der Waals surface area (Å²) in [5.74, 6) is 0.705. The fourth-order valence-corrected chi connectivity index (χ4v) is 2.89. The van der Waals surface area contributed by atoms with E-state index in [1.54, 1.807) is 6.07 Å². The number of ether oxygens (including phenoxy) is 1. The lowest BCUT2D eigenvalue weighted by atomic mass is 10.3. The van der Waals surface area contributed by atoms with Gasteiger partial charge >= 0.3 is 0 Å². The Hall–Kier alpha value is -0.913. The van der Waals surface area contributed by atoms with Crippen molar-refractivity contribution in [3.8, 4) is 0 Å². The molecule has 0 atom stereocenters. The molecule has 0 amide bonds. The van der Waals surface area contributed by atoms with Gasteiger partial charge in [-0.25, -0.2) is 9.37 Å². The molecule has 0 unspecified atom stereocenters. The zero-order valence-electron chi connectivity index (χ0n) is 12.1. The Morgan fingerprint density at radius 2 is 2.10 bits per heavy atom. The normalized spacial score (nSPS) is 12.2. The average Bonchev–Trinajstić information content (AvgIpc) is 2.70. The van der Waals surface area contributed by atoms with Crippen LogP contribution >= 0.6 is 11.6 Å². The van der Waals surface area contributed by atoms with Gasteiger partial charge in [0.05, 0.1) is 16.9 Å². The lowest BCUT2D eigenvalue weighted by Gasteiger charge is -2.16. The first kappa shape index (κ1) is 15.5. The quantitative estimate of drug-likeness (QED) is 0.453. The number of alkyl halides is 1. The van der Waals surface area contributed by atoms with Crippen LogP contribution in [0.1, 0.15) is 5.82 Å². The van der Waals surface area contributed by atoms with Crippen LogP contribution in [0.4, 0.5) is 4.39 Å². The molecule has 3 nitrogen and oxygen atoms in total. The van der Waals surface area contributed by atoms with Crippen molar-refractivity contribution in [3.05, 3.63) is 29.8 Å².